The first kappa shape index (κ1) is 17.6. The van der Waals surface area contributed by atoms with Crippen LogP contribution in [-0.2, 0) is 13.1 Å². The normalized spacial score (nSPS) is 15.9. The van der Waals surface area contributed by atoms with E-state index in [0.29, 0.717) is 5.75 Å². The van der Waals surface area contributed by atoms with Crippen molar-refractivity contribution in [3.05, 3.63) is 53.6 Å². The molecule has 0 bridgehead atoms. The van der Waals surface area contributed by atoms with Crippen LogP contribution < -0.4 is 9.47 Å². The van der Waals surface area contributed by atoms with E-state index < -0.39 is 0 Å². The number of piperazine rings is 1. The Morgan fingerprint density at radius 2 is 1.48 bits per heavy atom. The summed E-state index contributed by atoms with van der Waals surface area (Å²) in [7, 11) is 3.37. The van der Waals surface area contributed by atoms with Crippen molar-refractivity contribution >= 4 is 0 Å². The lowest BCUT2D eigenvalue weighted by Crippen LogP contribution is -2.45. The van der Waals surface area contributed by atoms with Crippen LogP contribution in [0.15, 0.2) is 42.5 Å². The van der Waals surface area contributed by atoms with Crippen LogP contribution in [0.1, 0.15) is 11.1 Å². The predicted molar refractivity (Wildman–Crippen MR) is 98.2 cm³/mol. The van der Waals surface area contributed by atoms with Gasteiger partial charge in [0.05, 0.1) is 14.2 Å². The molecule has 5 nitrogen and oxygen atoms in total. The van der Waals surface area contributed by atoms with E-state index in [1.165, 1.54) is 5.56 Å². The minimum Gasteiger partial charge on any atom is -0.508 e. The summed E-state index contributed by atoms with van der Waals surface area (Å²) in [6.07, 6.45) is 0. The van der Waals surface area contributed by atoms with E-state index in [1.54, 1.807) is 26.4 Å². The van der Waals surface area contributed by atoms with E-state index in [4.69, 9.17) is 9.47 Å². The third-order valence-electron chi connectivity index (χ3n) is 4.73. The maximum absolute atomic E-state index is 10.1. The predicted octanol–water partition coefficient (Wildman–Crippen LogP) is 2.73. The maximum Gasteiger partial charge on any atom is 0.123 e. The van der Waals surface area contributed by atoms with Gasteiger partial charge in [0.25, 0.3) is 0 Å². The monoisotopic (exact) mass is 342 g/mol. The molecule has 1 aliphatic rings. The Morgan fingerprint density at radius 1 is 0.840 bits per heavy atom. The fourth-order valence-corrected chi connectivity index (χ4v) is 3.24. The molecule has 1 saturated heterocycles. The van der Waals surface area contributed by atoms with Crippen molar-refractivity contribution in [1.82, 2.24) is 9.80 Å². The minimum atomic E-state index is 0.331. The number of phenols is 1. The smallest absolute Gasteiger partial charge is 0.123 e. The van der Waals surface area contributed by atoms with Gasteiger partial charge in [0.15, 0.2) is 0 Å². The number of benzene rings is 2. The number of para-hydroxylation sites is 1. The highest BCUT2D eigenvalue weighted by molar-refractivity contribution is 5.39. The molecule has 2 aromatic rings. The molecule has 1 heterocycles. The average Bonchev–Trinajstić information content (AvgIpc) is 2.65. The van der Waals surface area contributed by atoms with Gasteiger partial charge in [-0.05, 0) is 24.3 Å². The Balaban J connectivity index is 1.55. The second-order valence-electron chi connectivity index (χ2n) is 6.36. The minimum absolute atomic E-state index is 0.331. The highest BCUT2D eigenvalue weighted by Gasteiger charge is 2.19. The molecular formula is C20H26N2O3. The molecule has 0 saturated carbocycles. The number of nitrogens with zero attached hydrogens (tertiary/aromatic N) is 2. The number of hydrogen-bond donors (Lipinski definition) is 1. The molecule has 2 aromatic carbocycles. The van der Waals surface area contributed by atoms with Gasteiger partial charge in [0.2, 0.25) is 0 Å². The van der Waals surface area contributed by atoms with Crippen LogP contribution >= 0.6 is 0 Å². The van der Waals surface area contributed by atoms with Gasteiger partial charge in [0.1, 0.15) is 17.2 Å². The van der Waals surface area contributed by atoms with Crippen molar-refractivity contribution in [2.45, 2.75) is 13.1 Å². The number of hydrogen-bond acceptors (Lipinski definition) is 5. The number of aromatic hydroxyl groups is 1. The summed E-state index contributed by atoms with van der Waals surface area (Å²) in [6, 6.07) is 13.6. The van der Waals surface area contributed by atoms with Gasteiger partial charge in [-0.15, -0.1) is 0 Å². The van der Waals surface area contributed by atoms with Crippen LogP contribution in [0, 0.1) is 0 Å². The van der Waals surface area contributed by atoms with Crippen LogP contribution in [0.2, 0.25) is 0 Å². The molecule has 0 aromatic heterocycles. The zero-order valence-corrected chi connectivity index (χ0v) is 14.9. The Morgan fingerprint density at radius 3 is 2.12 bits per heavy atom. The van der Waals surface area contributed by atoms with Crippen molar-refractivity contribution in [3.63, 3.8) is 0 Å². The van der Waals surface area contributed by atoms with Crippen molar-refractivity contribution < 1.29 is 14.6 Å². The molecule has 0 aliphatic carbocycles. The van der Waals surface area contributed by atoms with Crippen LogP contribution in [0.3, 0.4) is 0 Å². The molecule has 1 N–H and O–H groups in total. The first-order valence-electron chi connectivity index (χ1n) is 8.62. The maximum atomic E-state index is 10.1. The number of methoxy groups -OCH3 is 2. The molecule has 3 rings (SSSR count). The van der Waals surface area contributed by atoms with Gasteiger partial charge in [0, 0.05) is 50.4 Å². The number of phenolic OH excluding ortho intramolecular Hbond substituents is 1. The van der Waals surface area contributed by atoms with E-state index in [9.17, 15) is 5.11 Å². The fourth-order valence-electron chi connectivity index (χ4n) is 3.24. The first-order chi connectivity index (χ1) is 12.2. The number of rotatable bonds is 6. The summed E-state index contributed by atoms with van der Waals surface area (Å²) < 4.78 is 10.7. The number of ether oxygens (including phenoxy) is 2. The van der Waals surface area contributed by atoms with Crippen LogP contribution in [0.25, 0.3) is 0 Å². The molecule has 0 spiro atoms. The van der Waals surface area contributed by atoms with Gasteiger partial charge >= 0.3 is 0 Å². The van der Waals surface area contributed by atoms with Crippen molar-refractivity contribution in [2.24, 2.45) is 0 Å². The molecule has 1 aliphatic heterocycles. The van der Waals surface area contributed by atoms with E-state index >= 15 is 0 Å². The molecule has 134 valence electrons. The van der Waals surface area contributed by atoms with E-state index in [2.05, 4.69) is 21.9 Å². The highest BCUT2D eigenvalue weighted by Crippen LogP contribution is 2.25. The lowest BCUT2D eigenvalue weighted by Gasteiger charge is -2.35. The van der Waals surface area contributed by atoms with E-state index in [-0.39, 0.29) is 0 Å². The van der Waals surface area contributed by atoms with Gasteiger partial charge in [-0.2, -0.15) is 0 Å². The molecule has 0 atom stereocenters. The average molecular weight is 342 g/mol. The fraction of sp³-hybridized carbons (Fsp3) is 0.400. The molecule has 5 heteroatoms. The second-order valence-corrected chi connectivity index (χ2v) is 6.36. The second kappa shape index (κ2) is 8.23. The Kier molecular flexibility index (Phi) is 5.79. The SMILES string of the molecule is COc1ccc(O)c(CN2CCN(Cc3ccccc3OC)CC2)c1. The molecule has 25 heavy (non-hydrogen) atoms. The summed E-state index contributed by atoms with van der Waals surface area (Å²) >= 11 is 0. The summed E-state index contributed by atoms with van der Waals surface area (Å²) in [6.45, 7) is 5.61. The molecule has 0 radical (unpaired) electrons. The molecule has 1 fully saturated rings. The van der Waals surface area contributed by atoms with E-state index in [1.807, 2.05) is 18.2 Å². The van der Waals surface area contributed by atoms with Gasteiger partial charge in [-0.1, -0.05) is 18.2 Å². The molecule has 0 amide bonds. The summed E-state index contributed by atoms with van der Waals surface area (Å²) in [5.74, 6) is 2.06. The lowest BCUT2D eigenvalue weighted by atomic mass is 10.1. The molecule has 0 unspecified atom stereocenters. The Labute approximate surface area is 149 Å². The topological polar surface area (TPSA) is 45.2 Å². The summed E-state index contributed by atoms with van der Waals surface area (Å²) in [4.78, 5) is 4.81. The largest absolute Gasteiger partial charge is 0.508 e. The quantitative estimate of drug-likeness (QED) is 0.874. The Hall–Kier alpha value is -2.24. The summed E-state index contributed by atoms with van der Waals surface area (Å²) in [5.41, 5.74) is 2.14. The lowest BCUT2D eigenvalue weighted by molar-refractivity contribution is 0.120. The zero-order valence-electron chi connectivity index (χ0n) is 14.9. The van der Waals surface area contributed by atoms with Crippen molar-refractivity contribution in [3.8, 4) is 17.2 Å². The van der Waals surface area contributed by atoms with Gasteiger partial charge in [-0.3, -0.25) is 9.80 Å². The van der Waals surface area contributed by atoms with Gasteiger partial charge < -0.3 is 14.6 Å². The van der Waals surface area contributed by atoms with E-state index in [0.717, 1.165) is 56.3 Å². The molecular weight excluding hydrogens is 316 g/mol. The van der Waals surface area contributed by atoms with Crippen molar-refractivity contribution in [2.75, 3.05) is 40.4 Å². The third kappa shape index (κ3) is 4.44. The summed E-state index contributed by atoms with van der Waals surface area (Å²) in [5, 5.41) is 10.1. The van der Waals surface area contributed by atoms with Crippen LogP contribution in [0.4, 0.5) is 0 Å². The zero-order chi connectivity index (χ0) is 17.6. The standard InChI is InChI=1S/C20H26N2O3/c1-24-18-7-8-19(23)17(13-18)15-22-11-9-21(10-12-22)14-16-5-3-4-6-20(16)25-2/h3-8,13,23H,9-12,14-15H2,1-2H3. The van der Waals surface area contributed by atoms with Crippen LogP contribution in [0.5, 0.6) is 17.2 Å². The Bertz CT molecular complexity index is 697. The van der Waals surface area contributed by atoms with Crippen molar-refractivity contribution in [1.29, 1.82) is 0 Å². The van der Waals surface area contributed by atoms with Gasteiger partial charge in [-0.25, -0.2) is 0 Å². The first-order valence-corrected chi connectivity index (χ1v) is 8.62. The highest BCUT2D eigenvalue weighted by atomic mass is 16.5. The van der Waals surface area contributed by atoms with Crippen LogP contribution in [-0.4, -0.2) is 55.3 Å². The third-order valence-corrected chi connectivity index (χ3v) is 4.73.